The number of hydrogen-bond donors (Lipinski definition) is 3. The van der Waals surface area contributed by atoms with Gasteiger partial charge in [-0.2, -0.15) is 13.2 Å². The van der Waals surface area contributed by atoms with Gasteiger partial charge >= 0.3 is 6.18 Å². The van der Waals surface area contributed by atoms with Gasteiger partial charge in [0.15, 0.2) is 12.3 Å². The molecule has 3 N–H and O–H groups in total. The van der Waals surface area contributed by atoms with Gasteiger partial charge in [-0.15, -0.1) is 0 Å². The molecule has 0 radical (unpaired) electrons. The smallest absolute Gasteiger partial charge is 0.387 e. The Morgan fingerprint density at radius 3 is 2.61 bits per heavy atom. The van der Waals surface area contributed by atoms with Crippen LogP contribution in [0.4, 0.5) is 13.2 Å². The van der Waals surface area contributed by atoms with Gasteiger partial charge < -0.3 is 24.6 Å². The molecule has 3 heterocycles. The summed E-state index contributed by atoms with van der Waals surface area (Å²) in [5.74, 6) is 0. The number of rotatable bonds is 2. The minimum Gasteiger partial charge on any atom is -0.387 e. The van der Waals surface area contributed by atoms with E-state index in [2.05, 4.69) is 9.97 Å². The van der Waals surface area contributed by atoms with E-state index in [1.165, 1.54) is 17.1 Å². The Bertz CT molecular complexity index is 720. The fourth-order valence-electron chi connectivity index (χ4n) is 2.67. The normalized spacial score (nSPS) is 30.0. The first-order chi connectivity index (χ1) is 10.7. The van der Waals surface area contributed by atoms with Gasteiger partial charge in [0.25, 0.3) is 0 Å². The Morgan fingerprint density at radius 1 is 1.26 bits per heavy atom. The van der Waals surface area contributed by atoms with E-state index in [0.29, 0.717) is 16.7 Å². The maximum Gasteiger partial charge on any atom is 0.417 e. The van der Waals surface area contributed by atoms with Crippen molar-refractivity contribution in [3.8, 4) is 0 Å². The highest BCUT2D eigenvalue weighted by Crippen LogP contribution is 2.37. The predicted molar refractivity (Wildman–Crippen MR) is 70.3 cm³/mol. The molecule has 0 unspecified atom stereocenters. The van der Waals surface area contributed by atoms with Gasteiger partial charge in [-0.05, 0) is 13.0 Å². The molecule has 2 aromatic rings. The van der Waals surface area contributed by atoms with E-state index in [1.54, 1.807) is 13.0 Å². The minimum atomic E-state index is -4.97. The third-order valence-electron chi connectivity index (χ3n) is 3.90. The lowest BCUT2D eigenvalue weighted by Gasteiger charge is -2.23. The Labute approximate surface area is 128 Å². The summed E-state index contributed by atoms with van der Waals surface area (Å²) in [4.78, 5) is 8.01. The fourth-order valence-corrected chi connectivity index (χ4v) is 2.67. The van der Waals surface area contributed by atoms with E-state index in [0.717, 1.165) is 0 Å². The molecule has 10 heteroatoms. The summed E-state index contributed by atoms with van der Waals surface area (Å²) in [6, 6.07) is 1.63. The molecule has 5 atom stereocenters. The van der Waals surface area contributed by atoms with Crippen LogP contribution >= 0.6 is 0 Å². The second kappa shape index (κ2) is 5.41. The first kappa shape index (κ1) is 16.1. The summed E-state index contributed by atoms with van der Waals surface area (Å²) in [6.45, 7) is 1.73. The average molecular weight is 333 g/mol. The topological polar surface area (TPSA) is 101 Å². The van der Waals surface area contributed by atoms with Crippen LogP contribution in [0.1, 0.15) is 11.9 Å². The van der Waals surface area contributed by atoms with E-state index in [-0.39, 0.29) is 0 Å². The number of halogens is 3. The Morgan fingerprint density at radius 2 is 1.96 bits per heavy atom. The van der Waals surface area contributed by atoms with Gasteiger partial charge in [0, 0.05) is 11.6 Å². The molecule has 1 aliphatic rings. The predicted octanol–water partition coefficient (Wildman–Crippen LogP) is 0.282. The lowest BCUT2D eigenvalue weighted by Crippen LogP contribution is -2.46. The van der Waals surface area contributed by atoms with Gasteiger partial charge in [0.2, 0.25) is 0 Å². The first-order valence-electron chi connectivity index (χ1n) is 6.76. The Kier molecular flexibility index (Phi) is 3.79. The molecule has 3 rings (SSSR count). The number of aliphatic hydroxyl groups excluding tert-OH is 3. The van der Waals surface area contributed by atoms with Crippen LogP contribution in [0.5, 0.6) is 0 Å². The summed E-state index contributed by atoms with van der Waals surface area (Å²) in [5.41, 5.74) is 0.990. The van der Waals surface area contributed by atoms with Gasteiger partial charge in [0.05, 0.1) is 5.69 Å². The molecule has 126 valence electrons. The molecule has 1 aliphatic heterocycles. The maximum absolute atomic E-state index is 12.6. The number of nitrogens with zero attached hydrogens (tertiary/aromatic N) is 3. The molecule has 0 saturated carbocycles. The van der Waals surface area contributed by atoms with E-state index in [1.807, 2.05) is 0 Å². The highest BCUT2D eigenvalue weighted by Gasteiger charge is 2.55. The summed E-state index contributed by atoms with van der Waals surface area (Å²) in [5, 5.41) is 29.8. The number of aromatic nitrogens is 3. The largest absolute Gasteiger partial charge is 0.417 e. The zero-order valence-corrected chi connectivity index (χ0v) is 11.8. The summed E-state index contributed by atoms with van der Waals surface area (Å²) in [7, 11) is 0. The van der Waals surface area contributed by atoms with Crippen molar-refractivity contribution in [2.75, 3.05) is 0 Å². The molecule has 7 nitrogen and oxygen atoms in total. The molecule has 0 spiro atoms. The lowest BCUT2D eigenvalue weighted by atomic mass is 10.1. The highest BCUT2D eigenvalue weighted by molar-refractivity contribution is 5.78. The number of aliphatic hydroxyl groups is 3. The average Bonchev–Trinajstić information content (AvgIpc) is 3.02. The van der Waals surface area contributed by atoms with Crippen molar-refractivity contribution in [1.82, 2.24) is 14.5 Å². The summed E-state index contributed by atoms with van der Waals surface area (Å²) in [6.07, 6.45) is -12.0. The molecular weight excluding hydrogens is 319 g/mol. The fraction of sp³-hybridized carbons (Fsp3) is 0.538. The summed E-state index contributed by atoms with van der Waals surface area (Å²) >= 11 is 0. The molecule has 2 aromatic heterocycles. The molecule has 1 saturated heterocycles. The standard InChI is InChI=1S/C13H14F3N3O4/c1-5-6-2-3-19(11(6)18-4-17-5)12-8(21)7(20)9(23-12)10(22)13(14,15)16/h2-4,7-10,12,20-22H,1H3/t7-,8+,9-,10+,12+/m0/s1. The summed E-state index contributed by atoms with van der Waals surface area (Å²) < 4.78 is 44.3. The van der Waals surface area contributed by atoms with Crippen molar-refractivity contribution >= 4 is 11.0 Å². The zero-order chi connectivity index (χ0) is 16.9. The molecule has 1 fully saturated rings. The van der Waals surface area contributed by atoms with Crippen molar-refractivity contribution in [3.63, 3.8) is 0 Å². The van der Waals surface area contributed by atoms with Crippen molar-refractivity contribution in [2.24, 2.45) is 0 Å². The molecule has 0 amide bonds. The second-order valence-electron chi connectivity index (χ2n) is 5.38. The molecule has 0 aliphatic carbocycles. The van der Waals surface area contributed by atoms with E-state index < -0.39 is 36.8 Å². The van der Waals surface area contributed by atoms with Gasteiger partial charge in [0.1, 0.15) is 30.3 Å². The van der Waals surface area contributed by atoms with E-state index in [4.69, 9.17) is 4.74 Å². The van der Waals surface area contributed by atoms with Crippen molar-refractivity contribution < 1.29 is 33.2 Å². The SMILES string of the molecule is Cc1ncnc2c1ccn2[C@@H]1O[C@H]([C@@H](O)C(F)(F)F)[C@@H](O)[C@H]1O. The van der Waals surface area contributed by atoms with Crippen LogP contribution in [0.25, 0.3) is 11.0 Å². The van der Waals surface area contributed by atoms with Gasteiger partial charge in [-0.25, -0.2) is 9.97 Å². The number of fused-ring (bicyclic) bond motifs is 1. The van der Waals surface area contributed by atoms with E-state index in [9.17, 15) is 28.5 Å². The lowest BCUT2D eigenvalue weighted by molar-refractivity contribution is -0.244. The van der Waals surface area contributed by atoms with Crippen molar-refractivity contribution in [1.29, 1.82) is 0 Å². The zero-order valence-electron chi connectivity index (χ0n) is 11.8. The Hall–Kier alpha value is -1.75. The van der Waals surface area contributed by atoms with Crippen LogP contribution in [0.2, 0.25) is 0 Å². The molecule has 23 heavy (non-hydrogen) atoms. The quantitative estimate of drug-likeness (QED) is 0.730. The van der Waals surface area contributed by atoms with Crippen LogP contribution in [-0.4, -0.2) is 60.4 Å². The van der Waals surface area contributed by atoms with Crippen LogP contribution in [0.15, 0.2) is 18.6 Å². The van der Waals surface area contributed by atoms with Crippen LogP contribution in [0.3, 0.4) is 0 Å². The second-order valence-corrected chi connectivity index (χ2v) is 5.38. The number of hydrogen-bond acceptors (Lipinski definition) is 6. The third-order valence-corrected chi connectivity index (χ3v) is 3.90. The van der Waals surface area contributed by atoms with Crippen LogP contribution < -0.4 is 0 Å². The van der Waals surface area contributed by atoms with E-state index >= 15 is 0 Å². The van der Waals surface area contributed by atoms with Gasteiger partial charge in [-0.3, -0.25) is 0 Å². The Balaban J connectivity index is 1.96. The molecule has 0 bridgehead atoms. The third kappa shape index (κ3) is 2.57. The van der Waals surface area contributed by atoms with Crippen molar-refractivity contribution in [2.45, 2.75) is 43.7 Å². The monoisotopic (exact) mass is 333 g/mol. The molecular formula is C13H14F3N3O4. The number of aryl methyl sites for hydroxylation is 1. The van der Waals surface area contributed by atoms with Crippen molar-refractivity contribution in [3.05, 3.63) is 24.3 Å². The minimum absolute atomic E-state index is 0.343. The number of ether oxygens (including phenoxy) is 1. The van der Waals surface area contributed by atoms with Gasteiger partial charge in [-0.1, -0.05) is 0 Å². The van der Waals surface area contributed by atoms with Crippen LogP contribution in [0, 0.1) is 6.92 Å². The molecule has 0 aromatic carbocycles. The maximum atomic E-state index is 12.6. The first-order valence-corrected chi connectivity index (χ1v) is 6.76. The highest BCUT2D eigenvalue weighted by atomic mass is 19.4. The number of alkyl halides is 3. The van der Waals surface area contributed by atoms with Crippen LogP contribution in [-0.2, 0) is 4.74 Å².